The molecule has 0 radical (unpaired) electrons. The number of primary amides is 1. The van der Waals surface area contributed by atoms with Gasteiger partial charge in [-0.2, -0.15) is 0 Å². The first-order valence-electron chi connectivity index (χ1n) is 8.34. The maximum absolute atomic E-state index is 12.1. The first kappa shape index (κ1) is 19.2. The Labute approximate surface area is 152 Å². The number of benzene rings is 2. The van der Waals surface area contributed by atoms with Crippen LogP contribution in [0.2, 0.25) is 0 Å². The molecule has 2 aromatic carbocycles. The van der Waals surface area contributed by atoms with E-state index in [9.17, 15) is 14.4 Å². The van der Waals surface area contributed by atoms with Gasteiger partial charge in [0.1, 0.15) is 0 Å². The summed E-state index contributed by atoms with van der Waals surface area (Å²) in [5, 5.41) is 5.15. The molecule has 6 nitrogen and oxygen atoms in total. The summed E-state index contributed by atoms with van der Waals surface area (Å²) in [6.45, 7) is 6.09. The van der Waals surface area contributed by atoms with Gasteiger partial charge in [0.15, 0.2) is 0 Å². The van der Waals surface area contributed by atoms with Crippen LogP contribution in [0.25, 0.3) is 0 Å². The van der Waals surface area contributed by atoms with E-state index in [0.717, 1.165) is 16.7 Å². The summed E-state index contributed by atoms with van der Waals surface area (Å²) in [4.78, 5) is 35.4. The highest BCUT2D eigenvalue weighted by atomic mass is 16.2. The second-order valence-electron chi connectivity index (χ2n) is 6.37. The molecular formula is C20H23N3O3. The van der Waals surface area contributed by atoms with Crippen LogP contribution in [0.3, 0.4) is 0 Å². The van der Waals surface area contributed by atoms with Gasteiger partial charge in [0.05, 0.1) is 0 Å². The Hall–Kier alpha value is -3.15. The molecule has 0 aliphatic rings. The van der Waals surface area contributed by atoms with Gasteiger partial charge >= 0.3 is 11.8 Å². The first-order chi connectivity index (χ1) is 12.3. The third-order valence-electron chi connectivity index (χ3n) is 4.16. The van der Waals surface area contributed by atoms with Crippen molar-refractivity contribution >= 4 is 23.4 Å². The van der Waals surface area contributed by atoms with E-state index in [4.69, 9.17) is 5.73 Å². The van der Waals surface area contributed by atoms with Crippen LogP contribution in [0.15, 0.2) is 42.5 Å². The number of nitrogens with one attached hydrogen (secondary N) is 2. The van der Waals surface area contributed by atoms with E-state index in [1.807, 2.05) is 32.0 Å². The van der Waals surface area contributed by atoms with Crippen LogP contribution in [-0.4, -0.2) is 24.3 Å². The normalized spacial score (nSPS) is 11.5. The van der Waals surface area contributed by atoms with E-state index in [2.05, 4.69) is 16.7 Å². The third-order valence-corrected chi connectivity index (χ3v) is 4.16. The second kappa shape index (κ2) is 8.29. The molecule has 0 bridgehead atoms. The highest BCUT2D eigenvalue weighted by Crippen LogP contribution is 2.17. The lowest BCUT2D eigenvalue weighted by Crippen LogP contribution is -2.37. The maximum Gasteiger partial charge on any atom is 0.313 e. The van der Waals surface area contributed by atoms with Gasteiger partial charge in [-0.1, -0.05) is 42.8 Å². The summed E-state index contributed by atoms with van der Waals surface area (Å²) in [6.07, 6.45) is 0. The average molecular weight is 353 g/mol. The summed E-state index contributed by atoms with van der Waals surface area (Å²) in [6, 6.07) is 12.7. The number of carbonyl (C=O) groups excluding carboxylic acids is 3. The van der Waals surface area contributed by atoms with E-state index in [0.29, 0.717) is 12.2 Å². The molecule has 0 saturated heterocycles. The molecule has 0 aliphatic carbocycles. The molecule has 1 unspecified atom stereocenters. The van der Waals surface area contributed by atoms with Gasteiger partial charge < -0.3 is 16.4 Å². The lowest BCUT2D eigenvalue weighted by atomic mass is 9.99. The predicted molar refractivity (Wildman–Crippen MR) is 101 cm³/mol. The molecule has 0 aliphatic heterocycles. The number of hydrogen-bond donors (Lipinski definition) is 3. The minimum atomic E-state index is -0.786. The fourth-order valence-electron chi connectivity index (χ4n) is 2.51. The summed E-state index contributed by atoms with van der Waals surface area (Å²) in [7, 11) is 0. The first-order valence-corrected chi connectivity index (χ1v) is 8.34. The number of nitrogens with two attached hydrogens (primary N) is 1. The number of anilines is 1. The van der Waals surface area contributed by atoms with Gasteiger partial charge in [-0.15, -0.1) is 0 Å². The van der Waals surface area contributed by atoms with Gasteiger partial charge in [0.2, 0.25) is 5.91 Å². The van der Waals surface area contributed by atoms with Crippen molar-refractivity contribution in [2.24, 2.45) is 5.73 Å². The molecule has 0 fully saturated rings. The molecule has 0 heterocycles. The van der Waals surface area contributed by atoms with E-state index in [1.54, 1.807) is 19.1 Å². The smallest absolute Gasteiger partial charge is 0.313 e. The fourth-order valence-corrected chi connectivity index (χ4v) is 2.51. The molecule has 2 rings (SSSR count). The SMILES string of the molecule is Cc1cccc(C(C)CNC(=O)C(=O)Nc2cc(C(N)=O)ccc2C)c1. The minimum absolute atomic E-state index is 0.0755. The number of amides is 3. The molecule has 1 atom stereocenters. The van der Waals surface area contributed by atoms with E-state index >= 15 is 0 Å². The van der Waals surface area contributed by atoms with Crippen molar-refractivity contribution in [3.8, 4) is 0 Å². The van der Waals surface area contributed by atoms with Crippen molar-refractivity contribution < 1.29 is 14.4 Å². The van der Waals surface area contributed by atoms with Crippen LogP contribution in [0.1, 0.15) is 39.9 Å². The standard InChI is InChI=1S/C20H23N3O3/c1-12-5-4-6-15(9-12)14(3)11-22-19(25)20(26)23-17-10-16(18(21)24)8-7-13(17)2/h4-10,14H,11H2,1-3H3,(H2,21,24)(H,22,25)(H,23,26). The highest BCUT2D eigenvalue weighted by molar-refractivity contribution is 6.39. The van der Waals surface area contributed by atoms with Gasteiger partial charge in [-0.3, -0.25) is 14.4 Å². The lowest BCUT2D eigenvalue weighted by Gasteiger charge is -2.14. The quantitative estimate of drug-likeness (QED) is 0.719. The van der Waals surface area contributed by atoms with Crippen LogP contribution in [-0.2, 0) is 9.59 Å². The van der Waals surface area contributed by atoms with Gasteiger partial charge in [-0.05, 0) is 43.0 Å². The number of rotatable bonds is 5. The van der Waals surface area contributed by atoms with Gasteiger partial charge in [0.25, 0.3) is 0 Å². The van der Waals surface area contributed by atoms with Crippen molar-refractivity contribution in [2.45, 2.75) is 26.7 Å². The largest absolute Gasteiger partial charge is 0.366 e. The van der Waals surface area contributed by atoms with E-state index in [-0.39, 0.29) is 11.5 Å². The molecule has 26 heavy (non-hydrogen) atoms. The minimum Gasteiger partial charge on any atom is -0.366 e. The summed E-state index contributed by atoms with van der Waals surface area (Å²) < 4.78 is 0. The zero-order chi connectivity index (χ0) is 19.3. The fraction of sp³-hybridized carbons (Fsp3) is 0.250. The molecule has 3 amide bonds. The molecule has 136 valence electrons. The number of carbonyl (C=O) groups is 3. The molecule has 0 saturated carbocycles. The average Bonchev–Trinajstić information content (AvgIpc) is 2.60. The van der Waals surface area contributed by atoms with E-state index in [1.165, 1.54) is 6.07 Å². The predicted octanol–water partition coefficient (Wildman–Crippen LogP) is 2.26. The Morgan fingerprint density at radius 3 is 2.42 bits per heavy atom. The molecule has 4 N–H and O–H groups in total. The zero-order valence-electron chi connectivity index (χ0n) is 15.1. The van der Waals surface area contributed by atoms with Crippen molar-refractivity contribution in [3.05, 3.63) is 64.7 Å². The van der Waals surface area contributed by atoms with Crippen LogP contribution in [0.4, 0.5) is 5.69 Å². The Bertz CT molecular complexity index is 846. The number of hydrogen-bond acceptors (Lipinski definition) is 3. The van der Waals surface area contributed by atoms with Crippen molar-refractivity contribution in [2.75, 3.05) is 11.9 Å². The van der Waals surface area contributed by atoms with Gasteiger partial charge in [-0.25, -0.2) is 0 Å². The maximum atomic E-state index is 12.1. The van der Waals surface area contributed by atoms with Crippen LogP contribution in [0, 0.1) is 13.8 Å². The van der Waals surface area contributed by atoms with Crippen LogP contribution in [0.5, 0.6) is 0 Å². The molecule has 2 aromatic rings. The highest BCUT2D eigenvalue weighted by Gasteiger charge is 2.17. The monoisotopic (exact) mass is 353 g/mol. The molecule has 6 heteroatoms. The van der Waals surface area contributed by atoms with Crippen LogP contribution >= 0.6 is 0 Å². The van der Waals surface area contributed by atoms with Crippen molar-refractivity contribution in [1.29, 1.82) is 0 Å². The molecule has 0 spiro atoms. The number of aryl methyl sites for hydroxylation is 2. The Morgan fingerprint density at radius 1 is 1.04 bits per heavy atom. The molecule has 0 aromatic heterocycles. The second-order valence-corrected chi connectivity index (χ2v) is 6.37. The third kappa shape index (κ3) is 4.92. The van der Waals surface area contributed by atoms with E-state index < -0.39 is 17.7 Å². The Balaban J connectivity index is 1.97. The topological polar surface area (TPSA) is 101 Å². The van der Waals surface area contributed by atoms with Crippen molar-refractivity contribution in [3.63, 3.8) is 0 Å². The Morgan fingerprint density at radius 2 is 1.77 bits per heavy atom. The summed E-state index contributed by atoms with van der Waals surface area (Å²) in [5.74, 6) is -2.04. The Kier molecular flexibility index (Phi) is 6.11. The summed E-state index contributed by atoms with van der Waals surface area (Å²) in [5.41, 5.74) is 8.85. The van der Waals surface area contributed by atoms with Gasteiger partial charge in [0, 0.05) is 17.8 Å². The molecular weight excluding hydrogens is 330 g/mol. The van der Waals surface area contributed by atoms with Crippen LogP contribution < -0.4 is 16.4 Å². The zero-order valence-corrected chi connectivity index (χ0v) is 15.1. The lowest BCUT2D eigenvalue weighted by molar-refractivity contribution is -0.136. The van der Waals surface area contributed by atoms with Crippen molar-refractivity contribution in [1.82, 2.24) is 5.32 Å². The summed E-state index contributed by atoms with van der Waals surface area (Å²) >= 11 is 0.